The molecule has 174 valence electrons. The molecule has 0 aliphatic rings. The molecule has 0 bridgehead atoms. The molecule has 0 atom stereocenters. The lowest BCUT2D eigenvalue weighted by Crippen LogP contribution is -1.93. The van der Waals surface area contributed by atoms with E-state index in [9.17, 15) is 8.78 Å². The van der Waals surface area contributed by atoms with Crippen LogP contribution in [0, 0.1) is 36.8 Å². The van der Waals surface area contributed by atoms with E-state index in [0.29, 0.717) is 43.1 Å². The maximum Gasteiger partial charge on any atom is 0.134 e. The van der Waals surface area contributed by atoms with Crippen LogP contribution in [0.5, 0.6) is 0 Å². The number of aromatic nitrogens is 2. The monoisotopic (exact) mass is 525 g/mol. The van der Waals surface area contributed by atoms with Crippen LogP contribution < -0.4 is 0 Å². The summed E-state index contributed by atoms with van der Waals surface area (Å²) in [5.41, 5.74) is 4.51. The van der Waals surface area contributed by atoms with Crippen LogP contribution in [0.3, 0.4) is 0 Å². The molecule has 0 radical (unpaired) electrons. The third kappa shape index (κ3) is 5.06. The van der Waals surface area contributed by atoms with Gasteiger partial charge in [0.05, 0.1) is 38.4 Å². The third-order valence-corrected chi connectivity index (χ3v) is 6.77. The Bertz CT molecular complexity index is 1650. The summed E-state index contributed by atoms with van der Waals surface area (Å²) in [5.74, 6) is -0.701. The molecular formula is C27H16Cl3F2N3. The zero-order valence-corrected chi connectivity index (χ0v) is 20.8. The number of fused-ring (bicyclic) bond motifs is 2. The number of hydrogen-bond acceptors (Lipinski definition) is 3. The second-order valence-corrected chi connectivity index (χ2v) is 8.87. The number of halogens is 5. The zero-order valence-electron chi connectivity index (χ0n) is 18.5. The van der Waals surface area contributed by atoms with E-state index in [2.05, 4.69) is 16.0 Å². The lowest BCUT2D eigenvalue weighted by molar-refractivity contribution is 0.629. The van der Waals surface area contributed by atoms with E-state index in [1.54, 1.807) is 37.3 Å². The van der Waals surface area contributed by atoms with Gasteiger partial charge >= 0.3 is 0 Å². The van der Waals surface area contributed by atoms with Crippen LogP contribution in [0.15, 0.2) is 60.7 Å². The Hall–Kier alpha value is -3.30. The van der Waals surface area contributed by atoms with Crippen molar-refractivity contribution in [2.75, 3.05) is 0 Å². The lowest BCUT2D eigenvalue weighted by atomic mass is 10.0. The van der Waals surface area contributed by atoms with Gasteiger partial charge in [-0.1, -0.05) is 46.9 Å². The molecule has 5 rings (SSSR count). The van der Waals surface area contributed by atoms with Crippen LogP contribution in [-0.4, -0.2) is 9.97 Å². The van der Waals surface area contributed by atoms with E-state index in [1.807, 2.05) is 13.0 Å². The van der Waals surface area contributed by atoms with Crippen molar-refractivity contribution in [3.05, 3.63) is 104 Å². The molecule has 2 aromatic heterocycles. The summed E-state index contributed by atoms with van der Waals surface area (Å²) < 4.78 is 26.3. The Morgan fingerprint density at radius 1 is 0.743 bits per heavy atom. The quantitative estimate of drug-likeness (QED) is 0.205. The van der Waals surface area contributed by atoms with Gasteiger partial charge in [-0.05, 0) is 55.8 Å². The molecule has 0 aliphatic heterocycles. The van der Waals surface area contributed by atoms with Crippen molar-refractivity contribution in [3.8, 4) is 17.3 Å². The average Bonchev–Trinajstić information content (AvgIpc) is 2.85. The van der Waals surface area contributed by atoms with E-state index in [-0.39, 0.29) is 11.6 Å². The van der Waals surface area contributed by atoms with Crippen LogP contribution in [0.2, 0.25) is 15.2 Å². The zero-order chi connectivity index (χ0) is 25.3. The van der Waals surface area contributed by atoms with Crippen LogP contribution in [0.4, 0.5) is 8.78 Å². The number of nitriles is 1. The number of rotatable bonds is 1. The summed E-state index contributed by atoms with van der Waals surface area (Å²) >= 11 is 18.2. The molecule has 5 aromatic rings. The standard InChI is InChI=1S/C17H10ClFN2.C10H6Cl2FN/c1-10-16(18)14-6-5-13(19)8-15(14)21-17(10)12-4-2-3-11(7-12)9-20;1-5-9(11)7-3-2-6(13)4-8(7)14-10(5)12/h2-8H,1H3;2-4H,1H3. The van der Waals surface area contributed by atoms with E-state index < -0.39 is 0 Å². The minimum atomic E-state index is -0.355. The van der Waals surface area contributed by atoms with Gasteiger partial charge in [0, 0.05) is 34.0 Å². The van der Waals surface area contributed by atoms with Crippen LogP contribution >= 0.6 is 34.8 Å². The average molecular weight is 527 g/mol. The van der Waals surface area contributed by atoms with E-state index in [0.717, 1.165) is 21.9 Å². The highest BCUT2D eigenvalue weighted by Gasteiger charge is 2.13. The molecule has 3 aromatic carbocycles. The normalized spacial score (nSPS) is 10.7. The smallest absolute Gasteiger partial charge is 0.134 e. The minimum absolute atomic E-state index is 0.313. The van der Waals surface area contributed by atoms with Gasteiger partial charge in [-0.15, -0.1) is 0 Å². The van der Waals surface area contributed by atoms with Gasteiger partial charge in [0.25, 0.3) is 0 Å². The SMILES string of the molecule is Cc1c(-c2cccc(C#N)c2)nc2cc(F)ccc2c1Cl.Cc1c(Cl)nc2cc(F)ccc2c1Cl. The first kappa shape index (κ1) is 24.8. The number of benzene rings is 3. The van der Waals surface area contributed by atoms with Crippen molar-refractivity contribution in [1.29, 1.82) is 5.26 Å². The Kier molecular flexibility index (Phi) is 7.18. The van der Waals surface area contributed by atoms with E-state index in [1.165, 1.54) is 24.3 Å². The molecule has 0 spiro atoms. The van der Waals surface area contributed by atoms with Crippen molar-refractivity contribution in [2.45, 2.75) is 13.8 Å². The summed E-state index contributed by atoms with van der Waals surface area (Å²) in [4.78, 5) is 8.55. The van der Waals surface area contributed by atoms with Gasteiger partial charge in [0.1, 0.15) is 16.8 Å². The topological polar surface area (TPSA) is 49.6 Å². The highest BCUT2D eigenvalue weighted by atomic mass is 35.5. The Morgan fingerprint density at radius 3 is 1.91 bits per heavy atom. The Labute approximate surface area is 215 Å². The first-order valence-electron chi connectivity index (χ1n) is 10.4. The molecule has 0 saturated carbocycles. The summed E-state index contributed by atoms with van der Waals surface area (Å²) in [7, 11) is 0. The fourth-order valence-electron chi connectivity index (χ4n) is 3.58. The summed E-state index contributed by atoms with van der Waals surface area (Å²) in [6.07, 6.45) is 0. The highest BCUT2D eigenvalue weighted by Crippen LogP contribution is 2.33. The van der Waals surface area contributed by atoms with Crippen LogP contribution in [-0.2, 0) is 0 Å². The molecule has 0 saturated heterocycles. The van der Waals surface area contributed by atoms with Crippen molar-refractivity contribution >= 4 is 56.6 Å². The first-order valence-corrected chi connectivity index (χ1v) is 11.5. The fourth-order valence-corrected chi connectivity index (χ4v) is 4.31. The van der Waals surface area contributed by atoms with E-state index >= 15 is 0 Å². The third-order valence-electron chi connectivity index (χ3n) is 5.43. The second-order valence-electron chi connectivity index (χ2n) is 7.76. The summed E-state index contributed by atoms with van der Waals surface area (Å²) in [6, 6.07) is 17.8. The largest absolute Gasteiger partial charge is 0.247 e. The molecule has 0 N–H and O–H groups in total. The van der Waals surface area contributed by atoms with Gasteiger partial charge in [0.15, 0.2) is 0 Å². The molecule has 35 heavy (non-hydrogen) atoms. The molecule has 3 nitrogen and oxygen atoms in total. The molecule has 0 amide bonds. The van der Waals surface area contributed by atoms with Crippen molar-refractivity contribution < 1.29 is 8.78 Å². The van der Waals surface area contributed by atoms with Crippen molar-refractivity contribution in [2.24, 2.45) is 0 Å². The van der Waals surface area contributed by atoms with Gasteiger partial charge in [-0.3, -0.25) is 0 Å². The van der Waals surface area contributed by atoms with Crippen molar-refractivity contribution in [1.82, 2.24) is 9.97 Å². The van der Waals surface area contributed by atoms with E-state index in [4.69, 9.17) is 40.1 Å². The maximum absolute atomic E-state index is 13.4. The predicted molar refractivity (Wildman–Crippen MR) is 138 cm³/mol. The fraction of sp³-hybridized carbons (Fsp3) is 0.0741. The molecule has 0 unspecified atom stereocenters. The summed E-state index contributed by atoms with van der Waals surface area (Å²) in [6.45, 7) is 3.65. The molecule has 8 heteroatoms. The summed E-state index contributed by atoms with van der Waals surface area (Å²) in [5, 5.41) is 11.8. The molecule has 0 aliphatic carbocycles. The number of nitrogens with zero attached hydrogens (tertiary/aromatic N) is 3. The van der Waals surface area contributed by atoms with Crippen LogP contribution in [0.1, 0.15) is 16.7 Å². The first-order chi connectivity index (χ1) is 16.7. The maximum atomic E-state index is 13.4. The highest BCUT2D eigenvalue weighted by molar-refractivity contribution is 6.39. The predicted octanol–water partition coefficient (Wildman–Crippen LogP) is 8.86. The second kappa shape index (κ2) is 10.1. The van der Waals surface area contributed by atoms with Gasteiger partial charge in [0.2, 0.25) is 0 Å². The molecule has 0 fully saturated rings. The molecule has 2 heterocycles. The number of hydrogen-bond donors (Lipinski definition) is 0. The molecular weight excluding hydrogens is 511 g/mol. The lowest BCUT2D eigenvalue weighted by Gasteiger charge is -2.10. The Morgan fingerprint density at radius 2 is 1.31 bits per heavy atom. The minimum Gasteiger partial charge on any atom is -0.247 e. The van der Waals surface area contributed by atoms with Gasteiger partial charge in [-0.2, -0.15) is 5.26 Å². The number of pyridine rings is 2. The van der Waals surface area contributed by atoms with Crippen LogP contribution in [0.25, 0.3) is 33.1 Å². The Balaban J connectivity index is 0.000000179. The van der Waals surface area contributed by atoms with Gasteiger partial charge < -0.3 is 0 Å². The van der Waals surface area contributed by atoms with Crippen molar-refractivity contribution in [3.63, 3.8) is 0 Å². The van der Waals surface area contributed by atoms with Gasteiger partial charge in [-0.25, -0.2) is 18.7 Å².